The third-order valence-electron chi connectivity index (χ3n) is 3.35. The zero-order valence-corrected chi connectivity index (χ0v) is 13.6. The Morgan fingerprint density at radius 3 is 2.62 bits per heavy atom. The Balaban J connectivity index is 2.02. The van der Waals surface area contributed by atoms with Crippen molar-refractivity contribution < 1.29 is 9.15 Å². The smallest absolute Gasteiger partial charge is 0.125 e. The van der Waals surface area contributed by atoms with E-state index < -0.39 is 0 Å². The van der Waals surface area contributed by atoms with Crippen LogP contribution in [0, 0.1) is 13.8 Å². The van der Waals surface area contributed by atoms with Crippen LogP contribution < -0.4 is 10.1 Å². The predicted octanol–water partition coefficient (Wildman–Crippen LogP) is 4.63. The molecule has 3 nitrogen and oxygen atoms in total. The SMILES string of the molecule is CCCNCc1occc1COc1c(C)cc(Cl)cc1C. The summed E-state index contributed by atoms with van der Waals surface area (Å²) in [6.45, 7) is 8.38. The normalized spacial score (nSPS) is 10.9. The highest BCUT2D eigenvalue weighted by atomic mass is 35.5. The minimum Gasteiger partial charge on any atom is -0.488 e. The highest BCUT2D eigenvalue weighted by Crippen LogP contribution is 2.28. The molecular weight excluding hydrogens is 286 g/mol. The lowest BCUT2D eigenvalue weighted by Crippen LogP contribution is -2.14. The van der Waals surface area contributed by atoms with Gasteiger partial charge in [0.25, 0.3) is 0 Å². The Bertz CT molecular complexity index is 569. The van der Waals surface area contributed by atoms with Gasteiger partial charge in [-0.2, -0.15) is 0 Å². The van der Waals surface area contributed by atoms with Crippen molar-refractivity contribution in [2.75, 3.05) is 6.54 Å². The molecule has 0 saturated heterocycles. The summed E-state index contributed by atoms with van der Waals surface area (Å²) in [5.74, 6) is 1.83. The van der Waals surface area contributed by atoms with Gasteiger partial charge in [0.1, 0.15) is 18.1 Å². The maximum Gasteiger partial charge on any atom is 0.125 e. The van der Waals surface area contributed by atoms with Gasteiger partial charge in [0.05, 0.1) is 12.8 Å². The molecule has 0 aliphatic rings. The first-order valence-corrected chi connectivity index (χ1v) is 7.65. The van der Waals surface area contributed by atoms with Gasteiger partial charge >= 0.3 is 0 Å². The van der Waals surface area contributed by atoms with Crippen LogP contribution in [0.15, 0.2) is 28.9 Å². The average Bonchev–Trinajstić information content (AvgIpc) is 2.85. The number of rotatable bonds is 7. The molecule has 4 heteroatoms. The summed E-state index contributed by atoms with van der Waals surface area (Å²) in [6, 6.07) is 5.80. The van der Waals surface area contributed by atoms with Crippen LogP contribution in [0.2, 0.25) is 5.02 Å². The number of hydrogen-bond acceptors (Lipinski definition) is 3. The van der Waals surface area contributed by atoms with Crippen LogP contribution in [0.5, 0.6) is 5.75 Å². The highest BCUT2D eigenvalue weighted by Gasteiger charge is 2.10. The molecule has 0 amide bonds. The standard InChI is InChI=1S/C17H22ClNO2/c1-4-6-19-10-16-14(5-7-20-16)11-21-17-12(2)8-15(18)9-13(17)3/h5,7-9,19H,4,6,10-11H2,1-3H3. The van der Waals surface area contributed by atoms with Gasteiger partial charge < -0.3 is 14.5 Å². The Hall–Kier alpha value is -1.45. The summed E-state index contributed by atoms with van der Waals surface area (Å²) in [7, 11) is 0. The molecule has 2 rings (SSSR count). The fourth-order valence-electron chi connectivity index (χ4n) is 2.30. The lowest BCUT2D eigenvalue weighted by molar-refractivity contribution is 0.297. The maximum absolute atomic E-state index is 6.04. The Labute approximate surface area is 131 Å². The second-order valence-electron chi connectivity index (χ2n) is 5.20. The lowest BCUT2D eigenvalue weighted by atomic mass is 10.1. The molecule has 1 N–H and O–H groups in total. The van der Waals surface area contributed by atoms with Gasteiger partial charge in [-0.15, -0.1) is 0 Å². The first kappa shape index (κ1) is 15.9. The van der Waals surface area contributed by atoms with Crippen molar-refractivity contribution in [3.8, 4) is 5.75 Å². The number of nitrogens with one attached hydrogen (secondary N) is 1. The van der Waals surface area contributed by atoms with Crippen molar-refractivity contribution in [2.24, 2.45) is 0 Å². The molecule has 1 aromatic heterocycles. The fourth-order valence-corrected chi connectivity index (χ4v) is 2.63. The van der Waals surface area contributed by atoms with Crippen molar-refractivity contribution in [3.63, 3.8) is 0 Å². The summed E-state index contributed by atoms with van der Waals surface area (Å²) in [6.07, 6.45) is 2.82. The van der Waals surface area contributed by atoms with Crippen LogP contribution >= 0.6 is 11.6 Å². The van der Waals surface area contributed by atoms with E-state index in [2.05, 4.69) is 12.2 Å². The summed E-state index contributed by atoms with van der Waals surface area (Å²) < 4.78 is 11.5. The number of halogens is 1. The van der Waals surface area contributed by atoms with Gasteiger partial charge in [-0.25, -0.2) is 0 Å². The largest absolute Gasteiger partial charge is 0.488 e. The van der Waals surface area contributed by atoms with E-state index in [0.717, 1.165) is 52.7 Å². The quantitative estimate of drug-likeness (QED) is 0.757. The molecule has 0 bridgehead atoms. The van der Waals surface area contributed by atoms with E-state index in [1.54, 1.807) is 6.26 Å². The van der Waals surface area contributed by atoms with E-state index >= 15 is 0 Å². The predicted molar refractivity (Wildman–Crippen MR) is 86.0 cm³/mol. The third-order valence-corrected chi connectivity index (χ3v) is 3.57. The van der Waals surface area contributed by atoms with Crippen LogP contribution in [0.3, 0.4) is 0 Å². The number of ether oxygens (including phenoxy) is 1. The van der Waals surface area contributed by atoms with Crippen molar-refractivity contribution in [1.82, 2.24) is 5.32 Å². The van der Waals surface area contributed by atoms with Gasteiger partial charge in [-0.05, 0) is 56.1 Å². The second-order valence-corrected chi connectivity index (χ2v) is 5.64. The van der Waals surface area contributed by atoms with Gasteiger partial charge in [-0.3, -0.25) is 0 Å². The monoisotopic (exact) mass is 307 g/mol. The van der Waals surface area contributed by atoms with Crippen LogP contribution in [-0.2, 0) is 13.2 Å². The van der Waals surface area contributed by atoms with Gasteiger partial charge in [0.15, 0.2) is 0 Å². The summed E-state index contributed by atoms with van der Waals surface area (Å²) in [4.78, 5) is 0. The summed E-state index contributed by atoms with van der Waals surface area (Å²) >= 11 is 6.04. The Kier molecular flexibility index (Phi) is 5.71. The zero-order valence-electron chi connectivity index (χ0n) is 12.8. The molecule has 0 unspecified atom stereocenters. The van der Waals surface area contributed by atoms with Crippen LogP contribution in [0.1, 0.15) is 35.8 Å². The zero-order chi connectivity index (χ0) is 15.2. The van der Waals surface area contributed by atoms with E-state index in [0.29, 0.717) is 6.61 Å². The van der Waals surface area contributed by atoms with E-state index in [4.69, 9.17) is 20.8 Å². The van der Waals surface area contributed by atoms with Crippen LogP contribution in [0.4, 0.5) is 0 Å². The molecule has 0 aliphatic heterocycles. The Morgan fingerprint density at radius 1 is 1.24 bits per heavy atom. The molecule has 0 radical (unpaired) electrons. The minimum atomic E-state index is 0.503. The summed E-state index contributed by atoms with van der Waals surface area (Å²) in [5, 5.41) is 4.08. The topological polar surface area (TPSA) is 34.4 Å². The number of benzene rings is 1. The second kappa shape index (κ2) is 7.53. The number of hydrogen-bond donors (Lipinski definition) is 1. The molecule has 21 heavy (non-hydrogen) atoms. The van der Waals surface area contributed by atoms with E-state index in [1.807, 2.05) is 32.0 Å². The third kappa shape index (κ3) is 4.26. The van der Waals surface area contributed by atoms with E-state index in [-0.39, 0.29) is 0 Å². The molecule has 0 fully saturated rings. The molecule has 0 saturated carbocycles. The lowest BCUT2D eigenvalue weighted by Gasteiger charge is -2.12. The molecule has 1 aromatic carbocycles. The molecule has 0 spiro atoms. The molecule has 114 valence electrons. The van der Waals surface area contributed by atoms with Crippen molar-refractivity contribution in [1.29, 1.82) is 0 Å². The number of furan rings is 1. The molecule has 1 heterocycles. The van der Waals surface area contributed by atoms with E-state index in [9.17, 15) is 0 Å². The minimum absolute atomic E-state index is 0.503. The highest BCUT2D eigenvalue weighted by molar-refractivity contribution is 6.30. The molecule has 0 aliphatic carbocycles. The maximum atomic E-state index is 6.04. The van der Waals surface area contributed by atoms with Gasteiger partial charge in [0.2, 0.25) is 0 Å². The van der Waals surface area contributed by atoms with Gasteiger partial charge in [0, 0.05) is 10.6 Å². The van der Waals surface area contributed by atoms with E-state index in [1.165, 1.54) is 0 Å². The first-order chi connectivity index (χ1) is 10.1. The van der Waals surface area contributed by atoms with Crippen molar-refractivity contribution in [3.05, 3.63) is 51.9 Å². The average molecular weight is 308 g/mol. The molecule has 0 atom stereocenters. The van der Waals surface area contributed by atoms with Gasteiger partial charge in [-0.1, -0.05) is 18.5 Å². The number of aryl methyl sites for hydroxylation is 2. The molecular formula is C17H22ClNO2. The van der Waals surface area contributed by atoms with Crippen LogP contribution in [0.25, 0.3) is 0 Å². The fraction of sp³-hybridized carbons (Fsp3) is 0.412. The molecule has 2 aromatic rings. The summed E-state index contributed by atoms with van der Waals surface area (Å²) in [5.41, 5.74) is 3.18. The van der Waals surface area contributed by atoms with Crippen LogP contribution in [-0.4, -0.2) is 6.54 Å². The van der Waals surface area contributed by atoms with Crippen molar-refractivity contribution in [2.45, 2.75) is 40.3 Å². The van der Waals surface area contributed by atoms with Crippen molar-refractivity contribution >= 4 is 11.6 Å². The first-order valence-electron chi connectivity index (χ1n) is 7.27. The Morgan fingerprint density at radius 2 is 1.95 bits per heavy atom.